The van der Waals surface area contributed by atoms with Crippen molar-refractivity contribution >= 4 is 6.16 Å². The van der Waals surface area contributed by atoms with E-state index < -0.39 is 6.16 Å². The summed E-state index contributed by atoms with van der Waals surface area (Å²) < 4.78 is 0. The van der Waals surface area contributed by atoms with E-state index in [9.17, 15) is 0 Å². The second-order valence-electron chi connectivity index (χ2n) is 1.45. The van der Waals surface area contributed by atoms with E-state index in [4.69, 9.17) is 20.3 Å². The van der Waals surface area contributed by atoms with Gasteiger partial charge in [0.2, 0.25) is 0 Å². The molecule has 0 aliphatic carbocycles. The molecule has 0 amide bonds. The molecule has 0 fully saturated rings. The highest BCUT2D eigenvalue weighted by Gasteiger charge is 1.70. The van der Waals surface area contributed by atoms with Gasteiger partial charge in [-0.3, -0.25) is 0 Å². The van der Waals surface area contributed by atoms with Crippen molar-refractivity contribution in [3.05, 3.63) is 0 Å². The van der Waals surface area contributed by atoms with Crippen LogP contribution in [0.1, 0.15) is 19.8 Å². The van der Waals surface area contributed by atoms with Crippen molar-refractivity contribution in [2.45, 2.75) is 19.8 Å². The van der Waals surface area contributed by atoms with E-state index in [1.807, 2.05) is 6.92 Å². The van der Waals surface area contributed by atoms with Crippen molar-refractivity contribution in [2.75, 3.05) is 0 Å². The van der Waals surface area contributed by atoms with Gasteiger partial charge in [-0.25, -0.2) is 4.79 Å². The molecular weight excluding hydrogens is 146 g/mol. The van der Waals surface area contributed by atoms with Crippen LogP contribution in [0.5, 0.6) is 0 Å². The summed E-state index contributed by atoms with van der Waals surface area (Å²) in [6, 6.07) is 1.74. The first-order chi connectivity index (χ1) is 5.15. The van der Waals surface area contributed by atoms with Crippen molar-refractivity contribution in [3.8, 4) is 17.9 Å². The molecule has 0 saturated heterocycles. The largest absolute Gasteiger partial charge is 0.503 e. The maximum absolute atomic E-state index is 8.56. The zero-order chi connectivity index (χ0) is 9.11. The van der Waals surface area contributed by atoms with E-state index in [1.165, 1.54) is 0 Å². The predicted molar refractivity (Wildman–Crippen MR) is 39.0 cm³/mol. The average molecular weight is 155 g/mol. The highest BCUT2D eigenvalue weighted by Crippen LogP contribution is 1.79. The molecule has 0 aromatic heterocycles. The van der Waals surface area contributed by atoms with Gasteiger partial charge in [-0.15, -0.1) is 0 Å². The summed E-state index contributed by atoms with van der Waals surface area (Å²) in [5.74, 6) is 4.98. The zero-order valence-corrected chi connectivity index (χ0v) is 6.16. The van der Waals surface area contributed by atoms with Gasteiger partial charge in [-0.05, 0) is 6.42 Å². The van der Waals surface area contributed by atoms with Crippen LogP contribution >= 0.6 is 0 Å². The number of nitrogens with zero attached hydrogens (tertiary/aromatic N) is 1. The van der Waals surface area contributed by atoms with Crippen molar-refractivity contribution in [2.24, 2.45) is 0 Å². The number of hydrogen-bond donors (Lipinski definition) is 2. The SMILES string of the molecule is CCCC#CC#N.O=C(O)O. The summed E-state index contributed by atoms with van der Waals surface area (Å²) in [5.41, 5.74) is 0. The van der Waals surface area contributed by atoms with E-state index in [1.54, 1.807) is 6.07 Å². The molecule has 11 heavy (non-hydrogen) atoms. The maximum atomic E-state index is 8.56. The normalized spacial score (nSPS) is 5.82. The third-order valence-electron chi connectivity index (χ3n) is 0.519. The highest BCUT2D eigenvalue weighted by molar-refractivity contribution is 5.53. The van der Waals surface area contributed by atoms with E-state index in [-0.39, 0.29) is 0 Å². The minimum atomic E-state index is -1.83. The van der Waals surface area contributed by atoms with Gasteiger partial charge in [0.1, 0.15) is 0 Å². The molecule has 0 aromatic rings. The summed E-state index contributed by atoms with van der Waals surface area (Å²) in [4.78, 5) is 8.56. The van der Waals surface area contributed by atoms with E-state index >= 15 is 0 Å². The second-order valence-corrected chi connectivity index (χ2v) is 1.45. The third-order valence-corrected chi connectivity index (χ3v) is 0.519. The number of hydrogen-bond acceptors (Lipinski definition) is 2. The molecule has 0 aromatic carbocycles. The smallest absolute Gasteiger partial charge is 0.450 e. The molecule has 4 nitrogen and oxygen atoms in total. The van der Waals surface area contributed by atoms with E-state index in [2.05, 4.69) is 11.8 Å². The Kier molecular flexibility index (Phi) is 12.2. The van der Waals surface area contributed by atoms with Gasteiger partial charge in [0.25, 0.3) is 0 Å². The average Bonchev–Trinajstić information content (AvgIpc) is 1.88. The maximum Gasteiger partial charge on any atom is 0.503 e. The fraction of sp³-hybridized carbons (Fsp3) is 0.429. The van der Waals surface area contributed by atoms with Crippen molar-refractivity contribution in [1.29, 1.82) is 5.26 Å². The summed E-state index contributed by atoms with van der Waals surface area (Å²) in [6.45, 7) is 2.03. The summed E-state index contributed by atoms with van der Waals surface area (Å²) >= 11 is 0. The Morgan fingerprint density at radius 2 is 2.00 bits per heavy atom. The highest BCUT2D eigenvalue weighted by atomic mass is 16.6. The first kappa shape index (κ1) is 12.0. The van der Waals surface area contributed by atoms with Gasteiger partial charge >= 0.3 is 6.16 Å². The van der Waals surface area contributed by atoms with Crippen LogP contribution in [0.15, 0.2) is 0 Å². The van der Waals surface area contributed by atoms with Crippen LogP contribution in [0.25, 0.3) is 0 Å². The molecule has 0 atom stereocenters. The Morgan fingerprint density at radius 1 is 1.55 bits per heavy atom. The molecule has 60 valence electrons. The molecule has 0 aliphatic heterocycles. The van der Waals surface area contributed by atoms with Crippen LogP contribution in [0.4, 0.5) is 4.79 Å². The first-order valence-corrected chi connectivity index (χ1v) is 2.94. The van der Waals surface area contributed by atoms with Gasteiger partial charge < -0.3 is 10.2 Å². The van der Waals surface area contributed by atoms with Crippen molar-refractivity contribution in [1.82, 2.24) is 0 Å². The van der Waals surface area contributed by atoms with Crippen LogP contribution < -0.4 is 0 Å². The minimum absolute atomic E-state index is 0.841. The molecule has 0 unspecified atom stereocenters. The monoisotopic (exact) mass is 155 g/mol. The van der Waals surface area contributed by atoms with Crippen molar-refractivity contribution < 1.29 is 15.0 Å². The first-order valence-electron chi connectivity index (χ1n) is 2.94. The molecule has 0 heterocycles. The molecule has 2 N–H and O–H groups in total. The molecule has 0 aliphatic rings. The fourth-order valence-electron chi connectivity index (χ4n) is 0.227. The molecule has 0 bridgehead atoms. The van der Waals surface area contributed by atoms with Crippen LogP contribution in [0.3, 0.4) is 0 Å². The Hall–Kier alpha value is -1.68. The Labute approximate surface area is 65.1 Å². The third kappa shape index (κ3) is 61.7. The zero-order valence-electron chi connectivity index (χ0n) is 6.16. The molecular formula is C7H9NO3. The summed E-state index contributed by atoms with van der Waals surface area (Å²) in [6.07, 6.45) is 0.0439. The molecule has 4 heteroatoms. The number of unbranched alkanes of at least 4 members (excludes halogenated alkanes) is 1. The summed E-state index contributed by atoms with van der Waals surface area (Å²) in [5, 5.41) is 21.8. The lowest BCUT2D eigenvalue weighted by Crippen LogP contribution is -1.81. The molecule has 0 saturated carbocycles. The van der Waals surface area contributed by atoms with E-state index in [0.717, 1.165) is 12.8 Å². The minimum Gasteiger partial charge on any atom is -0.450 e. The molecule has 0 spiro atoms. The lowest BCUT2D eigenvalue weighted by atomic mass is 10.3. The standard InChI is InChI=1S/C6H7N.CH2O3/c1-2-3-4-5-6-7;2-1(3)4/h2-3H2,1H3;(H2,2,3,4). The second kappa shape index (κ2) is 11.2. The fourth-order valence-corrected chi connectivity index (χ4v) is 0.227. The van der Waals surface area contributed by atoms with Crippen molar-refractivity contribution in [3.63, 3.8) is 0 Å². The topological polar surface area (TPSA) is 81.3 Å². The van der Waals surface area contributed by atoms with Crippen LogP contribution in [0, 0.1) is 23.2 Å². The van der Waals surface area contributed by atoms with Gasteiger partial charge in [0.05, 0.1) is 0 Å². The predicted octanol–water partition coefficient (Wildman–Crippen LogP) is 1.54. The van der Waals surface area contributed by atoms with Crippen LogP contribution in [-0.2, 0) is 0 Å². The Bertz CT molecular complexity index is 190. The number of rotatable bonds is 1. The Morgan fingerprint density at radius 3 is 2.27 bits per heavy atom. The van der Waals surface area contributed by atoms with Crippen LogP contribution in [-0.4, -0.2) is 16.4 Å². The number of carbonyl (C=O) groups is 1. The molecule has 0 radical (unpaired) electrons. The van der Waals surface area contributed by atoms with Gasteiger partial charge in [-0.2, -0.15) is 5.26 Å². The van der Waals surface area contributed by atoms with Gasteiger partial charge in [0, 0.05) is 12.3 Å². The van der Waals surface area contributed by atoms with Gasteiger partial charge in [0.15, 0.2) is 6.07 Å². The Balaban J connectivity index is 0. The molecule has 0 rings (SSSR count). The van der Waals surface area contributed by atoms with E-state index in [0.29, 0.717) is 0 Å². The number of nitriles is 1. The lowest BCUT2D eigenvalue weighted by molar-refractivity contribution is 0.137. The van der Waals surface area contributed by atoms with Gasteiger partial charge in [-0.1, -0.05) is 12.8 Å². The summed E-state index contributed by atoms with van der Waals surface area (Å²) in [7, 11) is 0. The lowest BCUT2D eigenvalue weighted by Gasteiger charge is -1.70. The number of carboxylic acid groups (broad SMARTS) is 2. The quantitative estimate of drug-likeness (QED) is 0.562. The van der Waals surface area contributed by atoms with Crippen LogP contribution in [0.2, 0.25) is 0 Å².